The van der Waals surface area contributed by atoms with Gasteiger partial charge in [0.2, 0.25) is 6.29 Å². The molecule has 1 heterocycles. The van der Waals surface area contributed by atoms with Crippen molar-refractivity contribution in [2.24, 2.45) is 0 Å². The Labute approximate surface area is 164 Å². The number of aliphatic hydroxyl groups is 4. The third kappa shape index (κ3) is 4.09. The summed E-state index contributed by atoms with van der Waals surface area (Å²) in [6.07, 6.45) is -7.10. The highest BCUT2D eigenvalue weighted by Gasteiger charge is 2.44. The molecule has 0 unspecified atom stereocenters. The Morgan fingerprint density at radius 3 is 2.43 bits per heavy atom. The molecule has 0 saturated carbocycles. The van der Waals surface area contributed by atoms with Crippen LogP contribution in [0.2, 0.25) is 5.02 Å². The van der Waals surface area contributed by atoms with Crippen molar-refractivity contribution in [2.45, 2.75) is 30.7 Å². The quantitative estimate of drug-likeness (QED) is 0.423. The second-order valence-electron chi connectivity index (χ2n) is 6.27. The predicted molar refractivity (Wildman–Crippen MR) is 97.9 cm³/mol. The molecule has 1 fully saturated rings. The van der Waals surface area contributed by atoms with Gasteiger partial charge in [0, 0.05) is 12.1 Å². The number of benzene rings is 2. The standard InChI is InChI=1S/C18H18ClNO8/c19-12-7-10(9-2-1-3-11(6-9)20(25)26)4-5-13(12)27-18-17(24)16(23)15(22)14(8-21)28-18/h1-7,14-18,21-24H,8H2/t14-,15-,16+,17+,18+/m1/s1. The van der Waals surface area contributed by atoms with E-state index in [2.05, 4.69) is 0 Å². The van der Waals surface area contributed by atoms with Crippen LogP contribution in [0.5, 0.6) is 5.75 Å². The lowest BCUT2D eigenvalue weighted by molar-refractivity contribution is -0.384. The lowest BCUT2D eigenvalue weighted by Crippen LogP contribution is -2.60. The van der Waals surface area contributed by atoms with Gasteiger partial charge in [0.05, 0.1) is 16.6 Å². The normalized spacial score (nSPS) is 27.4. The molecule has 4 N–H and O–H groups in total. The number of hydrogen-bond acceptors (Lipinski definition) is 8. The first-order valence-electron chi connectivity index (χ1n) is 8.33. The van der Waals surface area contributed by atoms with Crippen LogP contribution in [0, 0.1) is 10.1 Å². The van der Waals surface area contributed by atoms with Crippen molar-refractivity contribution < 1.29 is 34.8 Å². The molecule has 1 aliphatic rings. The average Bonchev–Trinajstić information content (AvgIpc) is 2.69. The predicted octanol–water partition coefficient (Wildman–Crippen LogP) is 1.09. The SMILES string of the molecule is O=[N+]([O-])c1cccc(-c2ccc(O[C@H]3O[C@H](CO)[C@@H](O)[C@H](O)[C@@H]3O)c(Cl)c2)c1. The molecular weight excluding hydrogens is 394 g/mol. The fourth-order valence-corrected chi connectivity index (χ4v) is 3.09. The maximum Gasteiger partial charge on any atom is 0.270 e. The Morgan fingerprint density at radius 2 is 1.79 bits per heavy atom. The molecule has 9 nitrogen and oxygen atoms in total. The fraction of sp³-hybridized carbons (Fsp3) is 0.333. The molecule has 1 aliphatic heterocycles. The van der Waals surface area contributed by atoms with Crippen LogP contribution in [0.4, 0.5) is 5.69 Å². The van der Waals surface area contributed by atoms with E-state index in [1.54, 1.807) is 18.2 Å². The van der Waals surface area contributed by atoms with E-state index in [-0.39, 0.29) is 16.5 Å². The molecule has 0 spiro atoms. The Morgan fingerprint density at radius 1 is 1.07 bits per heavy atom. The van der Waals surface area contributed by atoms with Gasteiger partial charge in [-0.15, -0.1) is 0 Å². The Bertz CT molecular complexity index is 861. The minimum atomic E-state index is -1.57. The maximum absolute atomic E-state index is 10.9. The van der Waals surface area contributed by atoms with E-state index in [0.717, 1.165) is 0 Å². The first-order valence-corrected chi connectivity index (χ1v) is 8.71. The van der Waals surface area contributed by atoms with Gasteiger partial charge in [0.15, 0.2) is 0 Å². The number of nitro groups is 1. The number of rotatable bonds is 5. The van der Waals surface area contributed by atoms with Crippen LogP contribution >= 0.6 is 11.6 Å². The third-order valence-electron chi connectivity index (χ3n) is 4.41. The summed E-state index contributed by atoms with van der Waals surface area (Å²) in [5, 5.41) is 49.9. The van der Waals surface area contributed by atoms with E-state index in [1.165, 1.54) is 24.3 Å². The van der Waals surface area contributed by atoms with Gasteiger partial charge >= 0.3 is 0 Å². The molecule has 0 aliphatic carbocycles. The summed E-state index contributed by atoms with van der Waals surface area (Å²) in [5.74, 6) is 0.125. The van der Waals surface area contributed by atoms with E-state index in [1.807, 2.05) is 0 Å². The molecular formula is C18H18ClNO8. The minimum absolute atomic E-state index is 0.0599. The Hall–Kier alpha value is -2.27. The van der Waals surface area contributed by atoms with Crippen molar-refractivity contribution in [3.8, 4) is 16.9 Å². The molecule has 2 aromatic rings. The third-order valence-corrected chi connectivity index (χ3v) is 4.71. The molecule has 1 saturated heterocycles. The van der Waals surface area contributed by atoms with Gasteiger partial charge < -0.3 is 29.9 Å². The van der Waals surface area contributed by atoms with Crippen LogP contribution < -0.4 is 4.74 Å². The van der Waals surface area contributed by atoms with E-state index in [0.29, 0.717) is 11.1 Å². The van der Waals surface area contributed by atoms with Crippen LogP contribution in [0.3, 0.4) is 0 Å². The molecule has 0 amide bonds. The molecule has 0 radical (unpaired) electrons. The second-order valence-corrected chi connectivity index (χ2v) is 6.67. The van der Waals surface area contributed by atoms with Crippen molar-refractivity contribution in [3.05, 3.63) is 57.6 Å². The van der Waals surface area contributed by atoms with Gasteiger partial charge in [-0.1, -0.05) is 29.8 Å². The number of nitro benzene ring substituents is 1. The molecule has 0 aromatic heterocycles. The van der Waals surface area contributed by atoms with Gasteiger partial charge in [-0.3, -0.25) is 10.1 Å². The summed E-state index contributed by atoms with van der Waals surface area (Å²) in [6, 6.07) is 10.7. The van der Waals surface area contributed by atoms with E-state index in [4.69, 9.17) is 21.1 Å². The molecule has 150 valence electrons. The molecule has 5 atom stereocenters. The van der Waals surface area contributed by atoms with Crippen LogP contribution in [-0.4, -0.2) is 62.7 Å². The van der Waals surface area contributed by atoms with Gasteiger partial charge in [0.25, 0.3) is 5.69 Å². The summed E-state index contributed by atoms with van der Waals surface area (Å²) >= 11 is 6.23. The highest BCUT2D eigenvalue weighted by Crippen LogP contribution is 2.34. The van der Waals surface area contributed by atoms with Crippen LogP contribution in [0.25, 0.3) is 11.1 Å². The molecule has 2 aromatic carbocycles. The summed E-state index contributed by atoms with van der Waals surface area (Å²) < 4.78 is 10.8. The number of non-ortho nitro benzene ring substituents is 1. The van der Waals surface area contributed by atoms with E-state index in [9.17, 15) is 30.5 Å². The molecule has 0 bridgehead atoms. The second kappa shape index (κ2) is 8.39. The van der Waals surface area contributed by atoms with E-state index >= 15 is 0 Å². The Kier molecular flexibility index (Phi) is 6.14. The smallest absolute Gasteiger partial charge is 0.270 e. The summed E-state index contributed by atoms with van der Waals surface area (Å²) in [6.45, 7) is -0.579. The highest BCUT2D eigenvalue weighted by atomic mass is 35.5. The van der Waals surface area contributed by atoms with Crippen molar-refractivity contribution in [3.63, 3.8) is 0 Å². The largest absolute Gasteiger partial charge is 0.460 e. The van der Waals surface area contributed by atoms with Crippen molar-refractivity contribution in [1.29, 1.82) is 0 Å². The van der Waals surface area contributed by atoms with Gasteiger partial charge in [-0.25, -0.2) is 0 Å². The zero-order valence-electron chi connectivity index (χ0n) is 14.4. The van der Waals surface area contributed by atoms with Gasteiger partial charge in [0.1, 0.15) is 30.2 Å². The minimum Gasteiger partial charge on any atom is -0.460 e. The van der Waals surface area contributed by atoms with Crippen LogP contribution in [0.1, 0.15) is 0 Å². The zero-order valence-corrected chi connectivity index (χ0v) is 15.1. The van der Waals surface area contributed by atoms with Crippen molar-refractivity contribution in [2.75, 3.05) is 6.61 Å². The lowest BCUT2D eigenvalue weighted by atomic mass is 9.99. The fourth-order valence-electron chi connectivity index (χ4n) is 2.86. The monoisotopic (exact) mass is 411 g/mol. The molecule has 10 heteroatoms. The first kappa shape index (κ1) is 20.5. The van der Waals surface area contributed by atoms with Gasteiger partial charge in [-0.05, 0) is 23.3 Å². The number of hydrogen-bond donors (Lipinski definition) is 4. The van der Waals surface area contributed by atoms with Crippen LogP contribution in [0.15, 0.2) is 42.5 Å². The van der Waals surface area contributed by atoms with E-state index < -0.39 is 42.2 Å². The van der Waals surface area contributed by atoms with Crippen molar-refractivity contribution in [1.82, 2.24) is 0 Å². The molecule has 28 heavy (non-hydrogen) atoms. The summed E-state index contributed by atoms with van der Waals surface area (Å²) in [5.41, 5.74) is 1.13. The summed E-state index contributed by atoms with van der Waals surface area (Å²) in [4.78, 5) is 10.4. The van der Waals surface area contributed by atoms with Gasteiger partial charge in [-0.2, -0.15) is 0 Å². The first-order chi connectivity index (χ1) is 13.3. The lowest BCUT2D eigenvalue weighted by Gasteiger charge is -2.39. The number of ether oxygens (including phenoxy) is 2. The Balaban J connectivity index is 1.81. The topological polar surface area (TPSA) is 143 Å². The van der Waals surface area contributed by atoms with Crippen LogP contribution in [-0.2, 0) is 4.74 Å². The maximum atomic E-state index is 10.9. The summed E-state index contributed by atoms with van der Waals surface area (Å²) in [7, 11) is 0. The van der Waals surface area contributed by atoms with Crippen molar-refractivity contribution >= 4 is 17.3 Å². The molecule has 3 rings (SSSR count). The number of halogens is 1. The highest BCUT2D eigenvalue weighted by molar-refractivity contribution is 6.32. The number of aliphatic hydroxyl groups excluding tert-OH is 4. The number of nitrogens with zero attached hydrogens (tertiary/aromatic N) is 1. The average molecular weight is 412 g/mol. The zero-order chi connectivity index (χ0) is 20.4.